The zero-order valence-electron chi connectivity index (χ0n) is 13.4. The molecular formula is C15H21ClN4OS. The maximum atomic E-state index is 6.25. The van der Waals surface area contributed by atoms with Gasteiger partial charge in [0.1, 0.15) is 17.6 Å². The quantitative estimate of drug-likeness (QED) is 0.436. The highest BCUT2D eigenvalue weighted by atomic mass is 35.5. The summed E-state index contributed by atoms with van der Waals surface area (Å²) in [4.78, 5) is 8.91. The van der Waals surface area contributed by atoms with Gasteiger partial charge in [-0.3, -0.25) is 0 Å². The first kappa shape index (κ1) is 17.2. The topological polar surface area (TPSA) is 52.3 Å². The Morgan fingerprint density at radius 3 is 2.82 bits per heavy atom. The number of pyridine rings is 1. The van der Waals surface area contributed by atoms with Gasteiger partial charge in [-0.05, 0) is 44.8 Å². The molecule has 0 radical (unpaired) electrons. The fourth-order valence-electron chi connectivity index (χ4n) is 2.12. The number of hydrogen-bond acceptors (Lipinski definition) is 5. The molecule has 2 aromatic rings. The van der Waals surface area contributed by atoms with Crippen LogP contribution < -0.4 is 0 Å². The second-order valence-corrected chi connectivity index (χ2v) is 6.21. The van der Waals surface area contributed by atoms with Crippen LogP contribution in [0.3, 0.4) is 0 Å². The molecule has 0 aromatic carbocycles. The number of thioether (sulfide) groups is 1. The number of rotatable bonds is 7. The molecule has 0 saturated heterocycles. The minimum atomic E-state index is 0.403. The van der Waals surface area contributed by atoms with E-state index in [1.165, 1.54) is 0 Å². The van der Waals surface area contributed by atoms with Crippen LogP contribution in [-0.2, 0) is 11.3 Å². The first-order chi connectivity index (χ1) is 10.6. The van der Waals surface area contributed by atoms with Gasteiger partial charge in [-0.1, -0.05) is 11.6 Å². The molecule has 0 N–H and O–H groups in total. The van der Waals surface area contributed by atoms with Crippen LogP contribution in [-0.4, -0.2) is 39.5 Å². The van der Waals surface area contributed by atoms with Gasteiger partial charge < -0.3 is 4.74 Å². The Kier molecular flexibility index (Phi) is 6.23. The summed E-state index contributed by atoms with van der Waals surface area (Å²) in [6.07, 6.45) is 4.90. The molecule has 0 aliphatic heterocycles. The van der Waals surface area contributed by atoms with E-state index in [0.717, 1.165) is 34.8 Å². The number of aryl methyl sites for hydroxylation is 2. The summed E-state index contributed by atoms with van der Waals surface area (Å²) >= 11 is 8.05. The van der Waals surface area contributed by atoms with Crippen molar-refractivity contribution in [1.82, 2.24) is 14.6 Å². The standard InChI is InChI=1S/C15H21ClN4OS/c1-5-21-9-12-19-13-14(10(2)11(3)18-15(13)16)20(12)17-7-6-8-22-4/h7H,5-6,8-9H2,1-4H3/b17-7+. The SMILES string of the molecule is CCOCc1nc2c(Cl)nc(C)c(C)c2n1/N=C/CCSC. The van der Waals surface area contributed by atoms with E-state index >= 15 is 0 Å². The molecule has 0 spiro atoms. The van der Waals surface area contributed by atoms with Crippen LogP contribution >= 0.6 is 23.4 Å². The lowest BCUT2D eigenvalue weighted by molar-refractivity contribution is 0.126. The first-order valence-corrected chi connectivity index (χ1v) is 9.00. The van der Waals surface area contributed by atoms with Crippen molar-refractivity contribution in [3.05, 3.63) is 22.2 Å². The van der Waals surface area contributed by atoms with Gasteiger partial charge in [0.15, 0.2) is 11.0 Å². The van der Waals surface area contributed by atoms with Crippen LogP contribution in [0.2, 0.25) is 5.15 Å². The lowest BCUT2D eigenvalue weighted by Gasteiger charge is -2.06. The third-order valence-electron chi connectivity index (χ3n) is 3.36. The summed E-state index contributed by atoms with van der Waals surface area (Å²) in [5.41, 5.74) is 3.52. The van der Waals surface area contributed by atoms with Crippen LogP contribution in [0.4, 0.5) is 0 Å². The Hall–Kier alpha value is -1.11. The van der Waals surface area contributed by atoms with Crippen LogP contribution in [0.1, 0.15) is 30.4 Å². The average molecular weight is 341 g/mol. The van der Waals surface area contributed by atoms with Crippen molar-refractivity contribution in [2.45, 2.75) is 33.8 Å². The van der Waals surface area contributed by atoms with Gasteiger partial charge in [0.2, 0.25) is 0 Å². The summed E-state index contributed by atoms with van der Waals surface area (Å²) in [5, 5.41) is 4.99. The third-order valence-corrected chi connectivity index (χ3v) is 4.27. The summed E-state index contributed by atoms with van der Waals surface area (Å²) in [5.74, 6) is 1.78. The number of fused-ring (bicyclic) bond motifs is 1. The van der Waals surface area contributed by atoms with Crippen molar-refractivity contribution in [2.24, 2.45) is 5.10 Å². The summed E-state index contributed by atoms with van der Waals surface area (Å²) in [6, 6.07) is 0. The van der Waals surface area contributed by atoms with E-state index in [1.54, 1.807) is 11.8 Å². The number of ether oxygens (including phenoxy) is 1. The molecule has 120 valence electrons. The predicted molar refractivity (Wildman–Crippen MR) is 94.2 cm³/mol. The molecule has 5 nitrogen and oxygen atoms in total. The van der Waals surface area contributed by atoms with Crippen LogP contribution in [0.15, 0.2) is 5.10 Å². The van der Waals surface area contributed by atoms with E-state index in [-0.39, 0.29) is 0 Å². The van der Waals surface area contributed by atoms with Crippen molar-refractivity contribution in [3.8, 4) is 0 Å². The lowest BCUT2D eigenvalue weighted by Crippen LogP contribution is -2.03. The van der Waals surface area contributed by atoms with Gasteiger partial charge in [-0.2, -0.15) is 16.9 Å². The maximum Gasteiger partial charge on any atom is 0.157 e. The Balaban J connectivity index is 2.54. The molecule has 2 aromatic heterocycles. The smallest absolute Gasteiger partial charge is 0.157 e. The van der Waals surface area contributed by atoms with Crippen molar-refractivity contribution in [1.29, 1.82) is 0 Å². The molecule has 0 amide bonds. The zero-order chi connectivity index (χ0) is 16.1. The molecular weight excluding hydrogens is 320 g/mol. The number of halogens is 1. The van der Waals surface area contributed by atoms with Gasteiger partial charge in [-0.25, -0.2) is 14.6 Å². The Morgan fingerprint density at radius 1 is 1.36 bits per heavy atom. The Labute approximate surface area is 140 Å². The molecule has 0 aliphatic carbocycles. The molecule has 22 heavy (non-hydrogen) atoms. The molecule has 2 rings (SSSR count). The van der Waals surface area contributed by atoms with E-state index in [4.69, 9.17) is 16.3 Å². The van der Waals surface area contributed by atoms with E-state index < -0.39 is 0 Å². The summed E-state index contributed by atoms with van der Waals surface area (Å²) in [7, 11) is 0. The molecule has 0 bridgehead atoms. The van der Waals surface area contributed by atoms with Crippen LogP contribution in [0, 0.1) is 13.8 Å². The highest BCUT2D eigenvalue weighted by molar-refractivity contribution is 7.98. The number of nitrogens with zero attached hydrogens (tertiary/aromatic N) is 4. The second kappa shape index (κ2) is 7.94. The van der Waals surface area contributed by atoms with Crippen molar-refractivity contribution >= 4 is 40.6 Å². The van der Waals surface area contributed by atoms with Gasteiger partial charge in [0.05, 0.1) is 0 Å². The number of aromatic nitrogens is 3. The predicted octanol–water partition coefficient (Wildman–Crippen LogP) is 3.83. The lowest BCUT2D eigenvalue weighted by atomic mass is 10.2. The van der Waals surface area contributed by atoms with E-state index in [2.05, 4.69) is 21.3 Å². The minimum absolute atomic E-state index is 0.403. The monoisotopic (exact) mass is 340 g/mol. The molecule has 0 fully saturated rings. The fourth-order valence-corrected chi connectivity index (χ4v) is 2.72. The normalized spacial score (nSPS) is 11.9. The second-order valence-electron chi connectivity index (χ2n) is 4.87. The summed E-state index contributed by atoms with van der Waals surface area (Å²) in [6.45, 7) is 6.95. The van der Waals surface area contributed by atoms with E-state index in [0.29, 0.717) is 23.9 Å². The number of hydrogen-bond donors (Lipinski definition) is 0. The van der Waals surface area contributed by atoms with Gasteiger partial charge in [-0.15, -0.1) is 0 Å². The Morgan fingerprint density at radius 2 is 2.14 bits per heavy atom. The molecule has 0 unspecified atom stereocenters. The average Bonchev–Trinajstić information content (AvgIpc) is 2.86. The zero-order valence-corrected chi connectivity index (χ0v) is 15.0. The van der Waals surface area contributed by atoms with E-state index in [9.17, 15) is 0 Å². The molecule has 7 heteroatoms. The molecule has 0 atom stereocenters. The fraction of sp³-hybridized carbons (Fsp3) is 0.533. The molecule has 0 saturated carbocycles. The highest BCUT2D eigenvalue weighted by Gasteiger charge is 2.17. The van der Waals surface area contributed by atoms with Crippen molar-refractivity contribution < 1.29 is 4.74 Å². The van der Waals surface area contributed by atoms with Crippen molar-refractivity contribution in [3.63, 3.8) is 0 Å². The molecule has 2 heterocycles. The highest BCUT2D eigenvalue weighted by Crippen LogP contribution is 2.27. The number of imidazole rings is 1. The minimum Gasteiger partial charge on any atom is -0.374 e. The first-order valence-electron chi connectivity index (χ1n) is 7.23. The van der Waals surface area contributed by atoms with Crippen LogP contribution in [0.5, 0.6) is 0 Å². The van der Waals surface area contributed by atoms with Gasteiger partial charge in [0, 0.05) is 18.5 Å². The largest absolute Gasteiger partial charge is 0.374 e. The third kappa shape index (κ3) is 3.62. The van der Waals surface area contributed by atoms with E-state index in [1.807, 2.05) is 31.7 Å². The maximum absolute atomic E-state index is 6.25. The van der Waals surface area contributed by atoms with Gasteiger partial charge >= 0.3 is 0 Å². The Bertz CT molecular complexity index is 684. The summed E-state index contributed by atoms with van der Waals surface area (Å²) < 4.78 is 7.34. The molecule has 0 aliphatic rings. The van der Waals surface area contributed by atoms with Gasteiger partial charge in [0.25, 0.3) is 0 Å². The van der Waals surface area contributed by atoms with Crippen LogP contribution in [0.25, 0.3) is 11.0 Å². The van der Waals surface area contributed by atoms with Crippen molar-refractivity contribution in [2.75, 3.05) is 18.6 Å².